The van der Waals surface area contributed by atoms with Gasteiger partial charge in [0, 0.05) is 32.0 Å². The number of aromatic nitrogens is 2. The number of aryl methyl sites for hydroxylation is 1. The third kappa shape index (κ3) is 3.28. The number of nitrogens with zero attached hydrogens (tertiary/aromatic N) is 3. The van der Waals surface area contributed by atoms with Crippen molar-refractivity contribution < 1.29 is 14.3 Å². The fraction of sp³-hybridized carbons (Fsp3) is 0.615. The standard InChI is InChI=1S/C13H20N4O3/c1-10(17-8-5-14-11(17)2)12(18)15-4-7-16-6-3-9-20-13(16)19/h5,8,10H,3-4,6-7,9H2,1-2H3,(H,15,18)/t10-/m1/s1. The highest BCUT2D eigenvalue weighted by Gasteiger charge is 2.20. The van der Waals surface area contributed by atoms with E-state index in [1.807, 2.05) is 18.4 Å². The average Bonchev–Trinajstić information content (AvgIpc) is 2.86. The van der Waals surface area contributed by atoms with E-state index in [0.717, 1.165) is 12.2 Å². The molecule has 1 atom stereocenters. The van der Waals surface area contributed by atoms with Gasteiger partial charge >= 0.3 is 6.09 Å². The van der Waals surface area contributed by atoms with E-state index in [4.69, 9.17) is 4.74 Å². The lowest BCUT2D eigenvalue weighted by Crippen LogP contribution is -2.43. The molecular weight excluding hydrogens is 260 g/mol. The maximum atomic E-state index is 12.0. The molecule has 2 heterocycles. The number of hydrogen-bond donors (Lipinski definition) is 1. The maximum Gasteiger partial charge on any atom is 0.409 e. The van der Waals surface area contributed by atoms with Crippen LogP contribution in [0.4, 0.5) is 4.79 Å². The number of carbonyl (C=O) groups excluding carboxylic acids is 2. The molecule has 1 N–H and O–H groups in total. The van der Waals surface area contributed by atoms with Crippen LogP contribution in [0.1, 0.15) is 25.2 Å². The summed E-state index contributed by atoms with van der Waals surface area (Å²) < 4.78 is 6.74. The number of hydrogen-bond acceptors (Lipinski definition) is 4. The molecule has 1 aromatic heterocycles. The highest BCUT2D eigenvalue weighted by Crippen LogP contribution is 2.08. The molecule has 7 heteroatoms. The molecule has 0 radical (unpaired) electrons. The molecule has 110 valence electrons. The summed E-state index contributed by atoms with van der Waals surface area (Å²) in [6.45, 7) is 5.74. The van der Waals surface area contributed by atoms with Crippen LogP contribution in [0.3, 0.4) is 0 Å². The van der Waals surface area contributed by atoms with Crippen molar-refractivity contribution in [2.75, 3.05) is 26.2 Å². The number of amides is 2. The van der Waals surface area contributed by atoms with E-state index in [1.54, 1.807) is 17.3 Å². The summed E-state index contributed by atoms with van der Waals surface area (Å²) in [6.07, 6.45) is 3.98. The van der Waals surface area contributed by atoms with Crippen molar-refractivity contribution in [1.29, 1.82) is 0 Å². The molecule has 2 amide bonds. The van der Waals surface area contributed by atoms with Gasteiger partial charge < -0.3 is 19.5 Å². The summed E-state index contributed by atoms with van der Waals surface area (Å²) in [5.74, 6) is 0.712. The van der Waals surface area contributed by atoms with Gasteiger partial charge in [0.1, 0.15) is 11.9 Å². The van der Waals surface area contributed by atoms with Gasteiger partial charge in [0.15, 0.2) is 0 Å². The van der Waals surface area contributed by atoms with Crippen LogP contribution in [-0.2, 0) is 9.53 Å². The fourth-order valence-electron chi connectivity index (χ4n) is 2.19. The van der Waals surface area contributed by atoms with Gasteiger partial charge in [-0.3, -0.25) is 4.79 Å². The van der Waals surface area contributed by atoms with Crippen LogP contribution < -0.4 is 5.32 Å². The highest BCUT2D eigenvalue weighted by atomic mass is 16.6. The number of ether oxygens (including phenoxy) is 1. The minimum absolute atomic E-state index is 0.0866. The monoisotopic (exact) mass is 280 g/mol. The van der Waals surface area contributed by atoms with Gasteiger partial charge in [-0.15, -0.1) is 0 Å². The second-order valence-corrected chi connectivity index (χ2v) is 4.80. The van der Waals surface area contributed by atoms with Crippen LogP contribution >= 0.6 is 0 Å². The molecule has 0 aliphatic carbocycles. The lowest BCUT2D eigenvalue weighted by atomic mass is 10.3. The van der Waals surface area contributed by atoms with Crippen LogP contribution in [0.15, 0.2) is 12.4 Å². The topological polar surface area (TPSA) is 76.5 Å². The third-order valence-corrected chi connectivity index (χ3v) is 3.40. The number of carbonyl (C=O) groups is 2. The Morgan fingerprint density at radius 1 is 1.60 bits per heavy atom. The molecule has 0 aromatic carbocycles. The Kier molecular flexibility index (Phi) is 4.60. The summed E-state index contributed by atoms with van der Waals surface area (Å²) in [5.41, 5.74) is 0. The number of rotatable bonds is 5. The second-order valence-electron chi connectivity index (χ2n) is 4.80. The largest absolute Gasteiger partial charge is 0.449 e. The van der Waals surface area contributed by atoms with Crippen molar-refractivity contribution in [3.63, 3.8) is 0 Å². The summed E-state index contributed by atoms with van der Waals surface area (Å²) in [7, 11) is 0. The molecule has 1 saturated heterocycles. The fourth-order valence-corrected chi connectivity index (χ4v) is 2.19. The molecular formula is C13H20N4O3. The Bertz CT molecular complexity index is 486. The van der Waals surface area contributed by atoms with Crippen LogP contribution in [0.25, 0.3) is 0 Å². The van der Waals surface area contributed by atoms with E-state index < -0.39 is 0 Å². The van der Waals surface area contributed by atoms with Crippen LogP contribution in [0, 0.1) is 6.92 Å². The van der Waals surface area contributed by atoms with E-state index >= 15 is 0 Å². The minimum atomic E-state index is -0.314. The predicted molar refractivity (Wildman–Crippen MR) is 72.2 cm³/mol. The van der Waals surface area contributed by atoms with Crippen molar-refractivity contribution >= 4 is 12.0 Å². The second kappa shape index (κ2) is 6.40. The number of nitrogens with one attached hydrogen (secondary N) is 1. The van der Waals surface area contributed by atoms with Gasteiger partial charge in [0.2, 0.25) is 5.91 Å². The molecule has 0 unspecified atom stereocenters. The van der Waals surface area contributed by atoms with Crippen molar-refractivity contribution in [3.8, 4) is 0 Å². The van der Waals surface area contributed by atoms with Crippen molar-refractivity contribution in [2.24, 2.45) is 0 Å². The number of imidazole rings is 1. The van der Waals surface area contributed by atoms with Crippen LogP contribution in [0.2, 0.25) is 0 Å². The summed E-state index contributed by atoms with van der Waals surface area (Å²) in [6, 6.07) is -0.314. The molecule has 0 saturated carbocycles. The van der Waals surface area contributed by atoms with E-state index in [9.17, 15) is 9.59 Å². The van der Waals surface area contributed by atoms with E-state index in [0.29, 0.717) is 26.2 Å². The Morgan fingerprint density at radius 3 is 3.05 bits per heavy atom. The SMILES string of the molecule is Cc1nccn1[C@H](C)C(=O)NCCN1CCCOC1=O. The smallest absolute Gasteiger partial charge is 0.409 e. The maximum absolute atomic E-state index is 12.0. The van der Waals surface area contributed by atoms with Gasteiger partial charge in [-0.25, -0.2) is 9.78 Å². The Morgan fingerprint density at radius 2 is 2.40 bits per heavy atom. The molecule has 20 heavy (non-hydrogen) atoms. The van der Waals surface area contributed by atoms with Crippen LogP contribution in [0.5, 0.6) is 0 Å². The summed E-state index contributed by atoms with van der Waals surface area (Å²) in [5, 5.41) is 2.83. The van der Waals surface area contributed by atoms with Crippen molar-refractivity contribution in [2.45, 2.75) is 26.3 Å². The minimum Gasteiger partial charge on any atom is -0.449 e. The average molecular weight is 280 g/mol. The third-order valence-electron chi connectivity index (χ3n) is 3.40. The Balaban J connectivity index is 1.77. The molecule has 0 spiro atoms. The van der Waals surface area contributed by atoms with Gasteiger partial charge in [-0.05, 0) is 20.3 Å². The first-order valence-corrected chi connectivity index (χ1v) is 6.78. The van der Waals surface area contributed by atoms with E-state index in [2.05, 4.69) is 10.3 Å². The van der Waals surface area contributed by atoms with Crippen LogP contribution in [-0.4, -0.2) is 52.7 Å². The first kappa shape index (κ1) is 14.4. The lowest BCUT2D eigenvalue weighted by Gasteiger charge is -2.26. The van der Waals surface area contributed by atoms with E-state index in [-0.39, 0.29) is 18.0 Å². The molecule has 2 rings (SSSR count). The highest BCUT2D eigenvalue weighted by molar-refractivity contribution is 5.80. The zero-order chi connectivity index (χ0) is 14.5. The van der Waals surface area contributed by atoms with E-state index in [1.165, 1.54) is 0 Å². The Hall–Kier alpha value is -2.05. The molecule has 0 bridgehead atoms. The zero-order valence-electron chi connectivity index (χ0n) is 11.8. The molecule has 1 aliphatic rings. The molecule has 1 fully saturated rings. The van der Waals surface area contributed by atoms with Gasteiger partial charge in [-0.2, -0.15) is 0 Å². The van der Waals surface area contributed by atoms with Crippen molar-refractivity contribution in [3.05, 3.63) is 18.2 Å². The van der Waals surface area contributed by atoms with Crippen molar-refractivity contribution in [1.82, 2.24) is 19.8 Å². The lowest BCUT2D eigenvalue weighted by molar-refractivity contribution is -0.124. The normalized spacial score (nSPS) is 16.7. The van der Waals surface area contributed by atoms with Gasteiger partial charge in [0.05, 0.1) is 6.61 Å². The number of cyclic esters (lactones) is 1. The zero-order valence-corrected chi connectivity index (χ0v) is 11.8. The quantitative estimate of drug-likeness (QED) is 0.862. The van der Waals surface area contributed by atoms with Gasteiger partial charge in [-0.1, -0.05) is 0 Å². The Labute approximate surface area is 117 Å². The molecule has 7 nitrogen and oxygen atoms in total. The molecule has 1 aromatic rings. The summed E-state index contributed by atoms with van der Waals surface area (Å²) in [4.78, 5) is 29.1. The molecule has 1 aliphatic heterocycles. The summed E-state index contributed by atoms with van der Waals surface area (Å²) >= 11 is 0. The first-order valence-electron chi connectivity index (χ1n) is 6.78. The first-order chi connectivity index (χ1) is 9.59. The predicted octanol–water partition coefficient (Wildman–Crippen LogP) is 0.711. The van der Waals surface area contributed by atoms with Gasteiger partial charge in [0.25, 0.3) is 0 Å².